The lowest BCUT2D eigenvalue weighted by Crippen LogP contribution is -1.99. The lowest BCUT2D eigenvalue weighted by molar-refractivity contribution is 0.748. The maximum atomic E-state index is 6.05. The predicted octanol–water partition coefficient (Wildman–Crippen LogP) is 5.39. The van der Waals surface area contributed by atoms with Gasteiger partial charge in [0.1, 0.15) is 0 Å². The van der Waals surface area contributed by atoms with E-state index in [2.05, 4.69) is 43.1 Å². The molecule has 1 heterocycles. The number of hydrogen-bond donors (Lipinski definition) is 2. The second-order valence-corrected chi connectivity index (χ2v) is 6.62. The van der Waals surface area contributed by atoms with Gasteiger partial charge < -0.3 is 10.7 Å². The molecule has 23 heavy (non-hydrogen) atoms. The van der Waals surface area contributed by atoms with Crippen molar-refractivity contribution in [2.45, 2.75) is 33.1 Å². The van der Waals surface area contributed by atoms with E-state index in [9.17, 15) is 0 Å². The van der Waals surface area contributed by atoms with Crippen LogP contribution in [0, 0.1) is 13.8 Å². The molecule has 0 spiro atoms. The van der Waals surface area contributed by atoms with Crippen LogP contribution in [0.3, 0.4) is 0 Å². The summed E-state index contributed by atoms with van der Waals surface area (Å²) in [6, 6.07) is 12.5. The minimum Gasteiger partial charge on any atom is -0.354 e. The van der Waals surface area contributed by atoms with Gasteiger partial charge in [-0.15, -0.1) is 0 Å². The maximum Gasteiger partial charge on any atom is 0.0497 e. The van der Waals surface area contributed by atoms with E-state index in [1.165, 1.54) is 38.9 Å². The highest BCUT2D eigenvalue weighted by atomic mass is 35.5. The van der Waals surface area contributed by atoms with Crippen molar-refractivity contribution in [1.82, 2.24) is 4.98 Å². The first kappa shape index (κ1) is 16.1. The van der Waals surface area contributed by atoms with Gasteiger partial charge in [-0.05, 0) is 74.0 Å². The molecule has 0 saturated carbocycles. The van der Waals surface area contributed by atoms with E-state index in [1.807, 2.05) is 12.1 Å². The zero-order valence-electron chi connectivity index (χ0n) is 13.7. The van der Waals surface area contributed by atoms with Gasteiger partial charge in [-0.25, -0.2) is 0 Å². The Hall–Kier alpha value is -1.77. The average molecular weight is 327 g/mol. The van der Waals surface area contributed by atoms with Gasteiger partial charge in [0.2, 0.25) is 0 Å². The van der Waals surface area contributed by atoms with Crippen LogP contribution in [0.4, 0.5) is 0 Å². The molecule has 3 aromatic rings. The smallest absolute Gasteiger partial charge is 0.0497 e. The molecule has 0 aliphatic carbocycles. The van der Waals surface area contributed by atoms with Crippen LogP contribution in [0.5, 0.6) is 0 Å². The number of fused-ring (bicyclic) bond motifs is 1. The van der Waals surface area contributed by atoms with Crippen molar-refractivity contribution in [3.63, 3.8) is 0 Å². The van der Waals surface area contributed by atoms with Gasteiger partial charge >= 0.3 is 0 Å². The first-order valence-electron chi connectivity index (χ1n) is 8.18. The van der Waals surface area contributed by atoms with Gasteiger partial charge in [0.05, 0.1) is 0 Å². The Kier molecular flexibility index (Phi) is 4.74. The largest absolute Gasteiger partial charge is 0.354 e. The number of aryl methyl sites for hydroxylation is 3. The number of aromatic nitrogens is 1. The molecule has 2 aromatic carbocycles. The van der Waals surface area contributed by atoms with Crippen molar-refractivity contribution in [2.75, 3.05) is 6.54 Å². The Morgan fingerprint density at radius 2 is 1.65 bits per heavy atom. The zero-order valence-corrected chi connectivity index (χ0v) is 14.5. The van der Waals surface area contributed by atoms with Gasteiger partial charge in [0, 0.05) is 21.6 Å². The standard InChI is InChI=1S/C20H23ClN2/c1-13-6-7-14(2)19-18(13)17(5-3-4-12-22)20(23-19)15-8-10-16(21)11-9-15/h6-11,23H,3-5,12,22H2,1-2H3. The summed E-state index contributed by atoms with van der Waals surface area (Å²) in [5.41, 5.74) is 13.3. The molecule has 3 heteroatoms. The topological polar surface area (TPSA) is 41.8 Å². The molecule has 0 amide bonds. The molecular formula is C20H23ClN2. The Labute approximate surface area is 142 Å². The van der Waals surface area contributed by atoms with Crippen LogP contribution in [0.15, 0.2) is 36.4 Å². The number of aromatic amines is 1. The minimum atomic E-state index is 0.747. The molecular weight excluding hydrogens is 304 g/mol. The molecule has 3 rings (SSSR count). The fraction of sp³-hybridized carbons (Fsp3) is 0.300. The van der Waals surface area contributed by atoms with Crippen LogP contribution >= 0.6 is 11.6 Å². The van der Waals surface area contributed by atoms with E-state index < -0.39 is 0 Å². The van der Waals surface area contributed by atoms with Gasteiger partial charge in [-0.1, -0.05) is 35.9 Å². The van der Waals surface area contributed by atoms with Gasteiger partial charge in [0.25, 0.3) is 0 Å². The number of nitrogens with two attached hydrogens (primary N) is 1. The molecule has 2 nitrogen and oxygen atoms in total. The van der Waals surface area contributed by atoms with Crippen LogP contribution in [-0.4, -0.2) is 11.5 Å². The summed E-state index contributed by atoms with van der Waals surface area (Å²) in [6.07, 6.45) is 3.20. The third kappa shape index (κ3) is 3.15. The lowest BCUT2D eigenvalue weighted by Gasteiger charge is -2.07. The third-order valence-corrected chi connectivity index (χ3v) is 4.74. The summed E-state index contributed by atoms with van der Waals surface area (Å²) in [6.45, 7) is 5.10. The number of halogens is 1. The normalized spacial score (nSPS) is 11.3. The monoisotopic (exact) mass is 326 g/mol. The van der Waals surface area contributed by atoms with Crippen molar-refractivity contribution in [1.29, 1.82) is 0 Å². The Morgan fingerprint density at radius 1 is 0.957 bits per heavy atom. The molecule has 3 N–H and O–H groups in total. The average Bonchev–Trinajstić information content (AvgIpc) is 2.93. The number of H-pyrrole nitrogens is 1. The van der Waals surface area contributed by atoms with Gasteiger partial charge in [0.15, 0.2) is 0 Å². The van der Waals surface area contributed by atoms with Crippen molar-refractivity contribution in [3.05, 3.63) is 58.1 Å². The number of nitrogens with one attached hydrogen (secondary N) is 1. The van der Waals surface area contributed by atoms with Crippen molar-refractivity contribution < 1.29 is 0 Å². The zero-order chi connectivity index (χ0) is 16.4. The molecule has 0 aliphatic heterocycles. The van der Waals surface area contributed by atoms with E-state index >= 15 is 0 Å². The van der Waals surface area contributed by atoms with Crippen LogP contribution in [0.2, 0.25) is 5.02 Å². The van der Waals surface area contributed by atoms with Crippen molar-refractivity contribution >= 4 is 22.5 Å². The molecule has 0 aliphatic rings. The summed E-state index contributed by atoms with van der Waals surface area (Å²) >= 11 is 6.05. The number of rotatable bonds is 5. The first-order valence-corrected chi connectivity index (χ1v) is 8.56. The van der Waals surface area contributed by atoms with E-state index in [0.717, 1.165) is 30.8 Å². The third-order valence-electron chi connectivity index (χ3n) is 4.49. The summed E-state index contributed by atoms with van der Waals surface area (Å²) in [4.78, 5) is 3.66. The highest BCUT2D eigenvalue weighted by Gasteiger charge is 2.15. The van der Waals surface area contributed by atoms with Gasteiger partial charge in [-0.2, -0.15) is 0 Å². The quantitative estimate of drug-likeness (QED) is 0.607. The lowest BCUT2D eigenvalue weighted by atomic mass is 9.97. The van der Waals surface area contributed by atoms with Crippen molar-refractivity contribution in [3.8, 4) is 11.3 Å². The van der Waals surface area contributed by atoms with Crippen molar-refractivity contribution in [2.24, 2.45) is 5.73 Å². The molecule has 0 radical (unpaired) electrons. The maximum absolute atomic E-state index is 6.05. The second kappa shape index (κ2) is 6.77. The fourth-order valence-electron chi connectivity index (χ4n) is 3.25. The van der Waals surface area contributed by atoms with E-state index in [-0.39, 0.29) is 0 Å². The predicted molar refractivity (Wildman–Crippen MR) is 100 cm³/mol. The Bertz CT molecular complexity index is 816. The Balaban J connectivity index is 2.19. The molecule has 0 atom stereocenters. The molecule has 0 fully saturated rings. The molecule has 0 bridgehead atoms. The Morgan fingerprint density at radius 3 is 2.35 bits per heavy atom. The van der Waals surface area contributed by atoms with E-state index in [0.29, 0.717) is 0 Å². The van der Waals surface area contributed by atoms with E-state index in [1.54, 1.807) is 0 Å². The fourth-order valence-corrected chi connectivity index (χ4v) is 3.37. The van der Waals surface area contributed by atoms with Crippen LogP contribution in [0.25, 0.3) is 22.2 Å². The molecule has 0 saturated heterocycles. The number of hydrogen-bond acceptors (Lipinski definition) is 1. The van der Waals surface area contributed by atoms with Gasteiger partial charge in [-0.3, -0.25) is 0 Å². The summed E-state index contributed by atoms with van der Waals surface area (Å²) in [7, 11) is 0. The highest BCUT2D eigenvalue weighted by molar-refractivity contribution is 6.30. The minimum absolute atomic E-state index is 0.747. The highest BCUT2D eigenvalue weighted by Crippen LogP contribution is 2.35. The molecule has 1 aromatic heterocycles. The summed E-state index contributed by atoms with van der Waals surface area (Å²) < 4.78 is 0. The summed E-state index contributed by atoms with van der Waals surface area (Å²) in [5.74, 6) is 0. The van der Waals surface area contributed by atoms with Crippen LogP contribution < -0.4 is 5.73 Å². The number of benzene rings is 2. The molecule has 120 valence electrons. The number of unbranched alkanes of at least 4 members (excludes halogenated alkanes) is 1. The van der Waals surface area contributed by atoms with Crippen LogP contribution in [-0.2, 0) is 6.42 Å². The SMILES string of the molecule is Cc1ccc(C)c2c(CCCCN)c(-c3ccc(Cl)cc3)[nH]c12. The van der Waals surface area contributed by atoms with Crippen LogP contribution in [0.1, 0.15) is 29.5 Å². The van der Waals surface area contributed by atoms with E-state index in [4.69, 9.17) is 17.3 Å². The summed E-state index contributed by atoms with van der Waals surface area (Å²) in [5, 5.41) is 2.13. The first-order chi connectivity index (χ1) is 11.1. The second-order valence-electron chi connectivity index (χ2n) is 6.18. The molecule has 0 unspecified atom stereocenters.